The third-order valence-corrected chi connectivity index (χ3v) is 5.98. The second kappa shape index (κ2) is 12.2. The summed E-state index contributed by atoms with van der Waals surface area (Å²) in [5.41, 5.74) is 4.39. The van der Waals surface area contributed by atoms with Gasteiger partial charge in [-0.05, 0) is 55.2 Å². The zero-order chi connectivity index (χ0) is 25.3. The summed E-state index contributed by atoms with van der Waals surface area (Å²) >= 11 is 0. The largest absolute Gasteiger partial charge is 0.507 e. The maximum absolute atomic E-state index is 10.5. The molecule has 0 bridgehead atoms. The molecule has 0 aliphatic rings. The molecular formula is C30H33NO5. The summed E-state index contributed by atoms with van der Waals surface area (Å²) in [7, 11) is 0. The third kappa shape index (κ3) is 6.00. The van der Waals surface area contributed by atoms with Gasteiger partial charge in [-0.25, -0.2) is 4.98 Å². The van der Waals surface area contributed by atoms with Crippen molar-refractivity contribution < 1.29 is 23.7 Å². The van der Waals surface area contributed by atoms with Crippen molar-refractivity contribution in [3.8, 4) is 40.0 Å². The number of ether oxygens (including phenoxy) is 3. The standard InChI is InChI=1S/C30H33NO5/c1-4-10-23-28(13-8-14-29(23)36-27-12-7-6-11-21(27)3)34-15-9-16-35-30-18-26(32)24(17-22(30)5-2)25-19-33-20-31-25/h6-8,11-14,17-20,32H,4-5,9-10,15-16H2,1-3H3. The molecule has 36 heavy (non-hydrogen) atoms. The van der Waals surface area contributed by atoms with Gasteiger partial charge in [-0.2, -0.15) is 0 Å². The molecule has 0 unspecified atom stereocenters. The molecular weight excluding hydrogens is 454 g/mol. The molecule has 0 saturated carbocycles. The quantitative estimate of drug-likeness (QED) is 0.208. The van der Waals surface area contributed by atoms with Crippen molar-refractivity contribution in [1.82, 2.24) is 4.98 Å². The molecule has 3 aromatic carbocycles. The van der Waals surface area contributed by atoms with Gasteiger partial charge in [0.05, 0.1) is 13.2 Å². The van der Waals surface area contributed by atoms with Crippen molar-refractivity contribution in [2.75, 3.05) is 13.2 Å². The lowest BCUT2D eigenvalue weighted by atomic mass is 10.0. The smallest absolute Gasteiger partial charge is 0.181 e. The van der Waals surface area contributed by atoms with E-state index >= 15 is 0 Å². The first-order valence-electron chi connectivity index (χ1n) is 12.5. The number of aromatic nitrogens is 1. The first-order valence-corrected chi connectivity index (χ1v) is 12.5. The summed E-state index contributed by atoms with van der Waals surface area (Å²) in [6, 6.07) is 17.5. The minimum Gasteiger partial charge on any atom is -0.507 e. The molecule has 0 fully saturated rings. The second-order valence-electron chi connectivity index (χ2n) is 8.61. The van der Waals surface area contributed by atoms with Crippen LogP contribution in [0, 0.1) is 6.92 Å². The van der Waals surface area contributed by atoms with E-state index in [0.29, 0.717) is 36.6 Å². The molecule has 0 atom stereocenters. The number of hydrogen-bond acceptors (Lipinski definition) is 6. The Bertz CT molecular complexity index is 1270. The number of phenolic OH excluding ortho intramolecular Hbond substituents is 1. The predicted octanol–water partition coefficient (Wildman–Crippen LogP) is 7.51. The Balaban J connectivity index is 1.37. The number of aromatic hydroxyl groups is 1. The second-order valence-corrected chi connectivity index (χ2v) is 8.61. The van der Waals surface area contributed by atoms with Crippen LogP contribution < -0.4 is 14.2 Å². The fourth-order valence-corrected chi connectivity index (χ4v) is 4.06. The van der Waals surface area contributed by atoms with Crippen LogP contribution in [-0.2, 0) is 12.8 Å². The highest BCUT2D eigenvalue weighted by atomic mass is 16.5. The van der Waals surface area contributed by atoms with Crippen molar-refractivity contribution in [1.29, 1.82) is 0 Å². The highest BCUT2D eigenvalue weighted by Crippen LogP contribution is 2.36. The van der Waals surface area contributed by atoms with E-state index in [0.717, 1.165) is 53.2 Å². The summed E-state index contributed by atoms with van der Waals surface area (Å²) in [6.07, 6.45) is 6.18. The minimum absolute atomic E-state index is 0.113. The van der Waals surface area contributed by atoms with Gasteiger partial charge < -0.3 is 23.7 Å². The SMILES string of the molecule is CCCc1c(OCCCOc2cc(O)c(-c3cocn3)cc2CC)cccc1Oc1ccccc1C. The average molecular weight is 488 g/mol. The lowest BCUT2D eigenvalue weighted by Gasteiger charge is -2.17. The summed E-state index contributed by atoms with van der Waals surface area (Å²) < 4.78 is 23.5. The summed E-state index contributed by atoms with van der Waals surface area (Å²) in [4.78, 5) is 4.13. The van der Waals surface area contributed by atoms with Crippen LogP contribution in [0.15, 0.2) is 71.7 Å². The number of phenols is 1. The maximum Gasteiger partial charge on any atom is 0.181 e. The molecule has 1 aromatic heterocycles. The number of benzene rings is 3. The molecule has 4 aromatic rings. The average Bonchev–Trinajstić information content (AvgIpc) is 3.42. The Labute approximate surface area is 212 Å². The van der Waals surface area contributed by atoms with Crippen LogP contribution in [0.4, 0.5) is 0 Å². The van der Waals surface area contributed by atoms with Gasteiger partial charge in [0.25, 0.3) is 0 Å². The molecule has 188 valence electrons. The van der Waals surface area contributed by atoms with E-state index < -0.39 is 0 Å². The molecule has 0 saturated heterocycles. The molecule has 0 spiro atoms. The third-order valence-electron chi connectivity index (χ3n) is 5.98. The monoisotopic (exact) mass is 487 g/mol. The minimum atomic E-state index is 0.113. The molecule has 1 N–H and O–H groups in total. The summed E-state index contributed by atoms with van der Waals surface area (Å²) in [5.74, 6) is 3.30. The van der Waals surface area contributed by atoms with Crippen LogP contribution in [0.25, 0.3) is 11.3 Å². The molecule has 4 rings (SSSR count). The highest BCUT2D eigenvalue weighted by Gasteiger charge is 2.14. The van der Waals surface area contributed by atoms with Gasteiger partial charge >= 0.3 is 0 Å². The fraction of sp³-hybridized carbons (Fsp3) is 0.300. The molecule has 6 heteroatoms. The molecule has 0 aliphatic carbocycles. The molecule has 0 amide bonds. The van der Waals surface area contributed by atoms with Crippen LogP contribution in [0.5, 0.6) is 28.7 Å². The van der Waals surface area contributed by atoms with E-state index in [1.165, 1.54) is 12.7 Å². The number of aryl methyl sites for hydroxylation is 2. The van der Waals surface area contributed by atoms with Gasteiger partial charge in [0.1, 0.15) is 40.7 Å². The Hall–Kier alpha value is -3.93. The zero-order valence-electron chi connectivity index (χ0n) is 21.1. The first kappa shape index (κ1) is 25.2. The van der Waals surface area contributed by atoms with Crippen LogP contribution in [0.2, 0.25) is 0 Å². The topological polar surface area (TPSA) is 74.0 Å². The van der Waals surface area contributed by atoms with Gasteiger partial charge in [-0.15, -0.1) is 0 Å². The number of oxazole rings is 1. The van der Waals surface area contributed by atoms with Gasteiger partial charge in [-0.1, -0.05) is 44.5 Å². The van der Waals surface area contributed by atoms with Crippen molar-refractivity contribution in [2.45, 2.75) is 46.5 Å². The lowest BCUT2D eigenvalue weighted by molar-refractivity contribution is 0.244. The van der Waals surface area contributed by atoms with Crippen LogP contribution in [0.3, 0.4) is 0 Å². The Morgan fingerprint density at radius 2 is 1.64 bits per heavy atom. The molecule has 0 aliphatic heterocycles. The van der Waals surface area contributed by atoms with Gasteiger partial charge in [0.2, 0.25) is 0 Å². The first-order chi connectivity index (χ1) is 17.6. The Kier molecular flexibility index (Phi) is 8.50. The van der Waals surface area contributed by atoms with Gasteiger partial charge in [0.15, 0.2) is 6.39 Å². The van der Waals surface area contributed by atoms with E-state index in [-0.39, 0.29) is 5.75 Å². The van der Waals surface area contributed by atoms with Crippen LogP contribution in [-0.4, -0.2) is 23.3 Å². The zero-order valence-corrected chi connectivity index (χ0v) is 21.1. The maximum atomic E-state index is 10.5. The van der Waals surface area contributed by atoms with Gasteiger partial charge in [-0.3, -0.25) is 0 Å². The molecule has 0 radical (unpaired) electrons. The normalized spacial score (nSPS) is 10.9. The Morgan fingerprint density at radius 3 is 2.36 bits per heavy atom. The van der Waals surface area contributed by atoms with E-state index in [9.17, 15) is 5.11 Å². The van der Waals surface area contributed by atoms with Crippen molar-refractivity contribution >= 4 is 0 Å². The van der Waals surface area contributed by atoms with Crippen molar-refractivity contribution in [2.24, 2.45) is 0 Å². The van der Waals surface area contributed by atoms with Gasteiger partial charge in [0, 0.05) is 23.6 Å². The van der Waals surface area contributed by atoms with Crippen LogP contribution in [0.1, 0.15) is 43.4 Å². The fourth-order valence-electron chi connectivity index (χ4n) is 4.06. The number of para-hydroxylation sites is 1. The van der Waals surface area contributed by atoms with Crippen molar-refractivity contribution in [3.63, 3.8) is 0 Å². The number of nitrogens with zero attached hydrogens (tertiary/aromatic N) is 1. The van der Waals surface area contributed by atoms with E-state index in [1.807, 2.05) is 55.5 Å². The van der Waals surface area contributed by atoms with E-state index in [2.05, 4.69) is 18.8 Å². The highest BCUT2D eigenvalue weighted by molar-refractivity contribution is 5.69. The summed E-state index contributed by atoms with van der Waals surface area (Å²) in [6.45, 7) is 7.22. The summed E-state index contributed by atoms with van der Waals surface area (Å²) in [5, 5.41) is 10.5. The van der Waals surface area contributed by atoms with Crippen molar-refractivity contribution in [3.05, 3.63) is 83.9 Å². The lowest BCUT2D eigenvalue weighted by Crippen LogP contribution is -2.07. The molecule has 6 nitrogen and oxygen atoms in total. The van der Waals surface area contributed by atoms with E-state index in [4.69, 9.17) is 18.6 Å². The predicted molar refractivity (Wildman–Crippen MR) is 140 cm³/mol. The molecule has 1 heterocycles. The number of hydrogen-bond donors (Lipinski definition) is 1. The Morgan fingerprint density at radius 1 is 0.889 bits per heavy atom. The number of rotatable bonds is 12. The van der Waals surface area contributed by atoms with Crippen LogP contribution >= 0.6 is 0 Å². The van der Waals surface area contributed by atoms with E-state index in [1.54, 1.807) is 6.07 Å².